The fourth-order valence-electron chi connectivity index (χ4n) is 3.58. The van der Waals surface area contributed by atoms with Crippen molar-refractivity contribution in [2.45, 2.75) is 32.4 Å². The lowest BCUT2D eigenvalue weighted by Gasteiger charge is -2.24. The topological polar surface area (TPSA) is 72.4 Å². The highest BCUT2D eigenvalue weighted by Crippen LogP contribution is 2.34. The number of benzene rings is 1. The van der Waals surface area contributed by atoms with Crippen LogP contribution >= 0.6 is 11.6 Å². The van der Waals surface area contributed by atoms with Crippen molar-refractivity contribution in [3.63, 3.8) is 0 Å². The molecule has 0 saturated heterocycles. The zero-order chi connectivity index (χ0) is 20.8. The molecule has 0 aliphatic heterocycles. The van der Waals surface area contributed by atoms with E-state index in [2.05, 4.69) is 10.1 Å². The number of amides is 1. The van der Waals surface area contributed by atoms with E-state index >= 15 is 0 Å². The van der Waals surface area contributed by atoms with Crippen LogP contribution < -0.4 is 0 Å². The van der Waals surface area contributed by atoms with Crippen molar-refractivity contribution in [3.8, 4) is 11.5 Å². The summed E-state index contributed by atoms with van der Waals surface area (Å²) in [5.74, 6) is -0.170. The van der Waals surface area contributed by atoms with Crippen LogP contribution in [0.15, 0.2) is 51.6 Å². The first-order valence-corrected chi connectivity index (χ1v) is 9.95. The Hall–Kier alpha value is -3.19. The van der Waals surface area contributed by atoms with Crippen LogP contribution in [0.2, 0.25) is 5.02 Å². The summed E-state index contributed by atoms with van der Waals surface area (Å²) in [5.41, 5.74) is 1.98. The second-order valence-corrected chi connectivity index (χ2v) is 7.75. The quantitative estimate of drug-likeness (QED) is 0.428. The lowest BCUT2D eigenvalue weighted by Crippen LogP contribution is -2.33. The molecule has 1 fully saturated rings. The Balaban J connectivity index is 1.61. The standard InChI is InChI=1S/C22H17ClFN3O3/c1-12-20-14(10-18(19-6-3-9-29-19)25-21(20)30-26-12)22(28)27(13-7-8-13)11-15-16(23)4-2-5-17(15)24/h2-6,9-10,13H,7-8,11H2,1H3. The van der Waals surface area contributed by atoms with E-state index in [-0.39, 0.29) is 24.2 Å². The van der Waals surface area contributed by atoms with Gasteiger partial charge in [0.1, 0.15) is 11.5 Å². The summed E-state index contributed by atoms with van der Waals surface area (Å²) < 4.78 is 25.2. The van der Waals surface area contributed by atoms with Gasteiger partial charge in [-0.1, -0.05) is 22.8 Å². The van der Waals surface area contributed by atoms with Gasteiger partial charge in [0.25, 0.3) is 11.6 Å². The molecule has 152 valence electrons. The minimum atomic E-state index is -0.432. The normalized spacial score (nSPS) is 13.7. The van der Waals surface area contributed by atoms with Crippen molar-refractivity contribution in [2.24, 2.45) is 0 Å². The molecule has 0 unspecified atom stereocenters. The lowest BCUT2D eigenvalue weighted by molar-refractivity contribution is 0.0730. The summed E-state index contributed by atoms with van der Waals surface area (Å²) in [7, 11) is 0. The Labute approximate surface area is 176 Å². The second-order valence-electron chi connectivity index (χ2n) is 7.34. The predicted molar refractivity (Wildman–Crippen MR) is 109 cm³/mol. The largest absolute Gasteiger partial charge is 0.463 e. The van der Waals surface area contributed by atoms with Crippen molar-refractivity contribution in [1.29, 1.82) is 0 Å². The van der Waals surface area contributed by atoms with Crippen LogP contribution in [0.5, 0.6) is 0 Å². The molecule has 1 aliphatic carbocycles. The summed E-state index contributed by atoms with van der Waals surface area (Å²) in [4.78, 5) is 19.8. The Kier molecular flexibility index (Phi) is 4.55. The molecule has 0 spiro atoms. The van der Waals surface area contributed by atoms with Crippen molar-refractivity contribution in [2.75, 3.05) is 0 Å². The number of aryl methyl sites for hydroxylation is 1. The van der Waals surface area contributed by atoms with E-state index in [1.807, 2.05) is 0 Å². The Morgan fingerprint density at radius 3 is 2.83 bits per heavy atom. The van der Waals surface area contributed by atoms with Gasteiger partial charge in [0.05, 0.1) is 29.5 Å². The summed E-state index contributed by atoms with van der Waals surface area (Å²) in [6.07, 6.45) is 3.25. The monoisotopic (exact) mass is 425 g/mol. The highest BCUT2D eigenvalue weighted by molar-refractivity contribution is 6.31. The number of hydrogen-bond donors (Lipinski definition) is 0. The molecule has 8 heteroatoms. The summed E-state index contributed by atoms with van der Waals surface area (Å²) in [5, 5.41) is 4.81. The molecular formula is C22H17ClFN3O3. The molecule has 1 aliphatic rings. The third kappa shape index (κ3) is 3.25. The van der Waals surface area contributed by atoms with Crippen LogP contribution in [-0.4, -0.2) is 27.0 Å². The van der Waals surface area contributed by atoms with Crippen molar-refractivity contribution < 1.29 is 18.1 Å². The van der Waals surface area contributed by atoms with Crippen LogP contribution in [0.1, 0.15) is 34.5 Å². The van der Waals surface area contributed by atoms with Gasteiger partial charge in [0, 0.05) is 16.6 Å². The van der Waals surface area contributed by atoms with Crippen LogP contribution in [0, 0.1) is 12.7 Å². The molecule has 1 aromatic carbocycles. The number of pyridine rings is 1. The third-order valence-electron chi connectivity index (χ3n) is 5.26. The predicted octanol–water partition coefficient (Wildman–Crippen LogP) is 5.39. The molecule has 0 bridgehead atoms. The van der Waals surface area contributed by atoms with E-state index in [0.29, 0.717) is 38.7 Å². The van der Waals surface area contributed by atoms with Crippen LogP contribution in [0.25, 0.3) is 22.6 Å². The summed E-state index contributed by atoms with van der Waals surface area (Å²) >= 11 is 6.22. The molecule has 3 aromatic heterocycles. The zero-order valence-corrected chi connectivity index (χ0v) is 16.8. The SMILES string of the molecule is Cc1noc2nc(-c3ccco3)cc(C(=O)N(Cc3c(F)cccc3Cl)C3CC3)c12. The van der Waals surface area contributed by atoms with Gasteiger partial charge in [-0.3, -0.25) is 4.79 Å². The smallest absolute Gasteiger partial charge is 0.259 e. The van der Waals surface area contributed by atoms with Gasteiger partial charge in [0.2, 0.25) is 0 Å². The van der Waals surface area contributed by atoms with Crippen molar-refractivity contribution >= 4 is 28.6 Å². The first kappa shape index (κ1) is 18.8. The van der Waals surface area contributed by atoms with E-state index in [1.165, 1.54) is 12.3 Å². The van der Waals surface area contributed by atoms with Gasteiger partial charge >= 0.3 is 0 Å². The van der Waals surface area contributed by atoms with Crippen molar-refractivity contribution in [3.05, 3.63) is 70.3 Å². The summed E-state index contributed by atoms with van der Waals surface area (Å²) in [6, 6.07) is 9.72. The molecule has 5 rings (SSSR count). The molecule has 1 saturated carbocycles. The van der Waals surface area contributed by atoms with E-state index in [0.717, 1.165) is 12.8 Å². The molecule has 3 heterocycles. The first-order valence-electron chi connectivity index (χ1n) is 9.57. The van der Waals surface area contributed by atoms with Gasteiger partial charge in [-0.2, -0.15) is 0 Å². The van der Waals surface area contributed by atoms with E-state index in [1.54, 1.807) is 42.2 Å². The molecule has 1 amide bonds. The second kappa shape index (κ2) is 7.25. The van der Waals surface area contributed by atoms with Crippen LogP contribution in [-0.2, 0) is 6.54 Å². The van der Waals surface area contributed by atoms with Crippen LogP contribution in [0.4, 0.5) is 4.39 Å². The molecular weight excluding hydrogens is 409 g/mol. The fourth-order valence-corrected chi connectivity index (χ4v) is 3.80. The van der Waals surface area contributed by atoms with Gasteiger partial charge in [-0.25, -0.2) is 9.37 Å². The van der Waals surface area contributed by atoms with Crippen LogP contribution in [0.3, 0.4) is 0 Å². The highest BCUT2D eigenvalue weighted by Gasteiger charge is 2.35. The molecule has 0 radical (unpaired) electrons. The van der Waals surface area contributed by atoms with E-state index in [9.17, 15) is 9.18 Å². The number of rotatable bonds is 5. The van der Waals surface area contributed by atoms with Crippen molar-refractivity contribution in [1.82, 2.24) is 15.0 Å². The zero-order valence-electron chi connectivity index (χ0n) is 16.1. The summed E-state index contributed by atoms with van der Waals surface area (Å²) in [6.45, 7) is 1.84. The number of carbonyl (C=O) groups excluding carboxylic acids is 1. The molecule has 0 atom stereocenters. The van der Waals surface area contributed by atoms with Gasteiger partial charge in [-0.15, -0.1) is 0 Å². The Morgan fingerprint density at radius 1 is 1.30 bits per heavy atom. The molecule has 0 N–H and O–H groups in total. The number of aromatic nitrogens is 2. The average Bonchev–Trinajstić information content (AvgIpc) is 3.28. The number of fused-ring (bicyclic) bond motifs is 1. The maximum Gasteiger partial charge on any atom is 0.259 e. The Morgan fingerprint density at radius 2 is 2.13 bits per heavy atom. The molecule has 6 nitrogen and oxygen atoms in total. The maximum atomic E-state index is 14.4. The minimum Gasteiger partial charge on any atom is -0.463 e. The molecule has 30 heavy (non-hydrogen) atoms. The van der Waals surface area contributed by atoms with Gasteiger partial charge in [-0.05, 0) is 50.1 Å². The molecule has 4 aromatic rings. The first-order chi connectivity index (χ1) is 14.5. The minimum absolute atomic E-state index is 0.0311. The number of halogens is 2. The van der Waals surface area contributed by atoms with Gasteiger partial charge in [0.15, 0.2) is 5.76 Å². The van der Waals surface area contributed by atoms with E-state index in [4.69, 9.17) is 20.5 Å². The fraction of sp³-hybridized carbons (Fsp3) is 0.227. The Bertz CT molecular complexity index is 1230. The average molecular weight is 426 g/mol. The number of hydrogen-bond acceptors (Lipinski definition) is 5. The number of carbonyl (C=O) groups is 1. The lowest BCUT2D eigenvalue weighted by atomic mass is 10.1. The highest BCUT2D eigenvalue weighted by atomic mass is 35.5. The van der Waals surface area contributed by atoms with E-state index < -0.39 is 5.82 Å². The number of nitrogens with zero attached hydrogens (tertiary/aromatic N) is 3. The third-order valence-corrected chi connectivity index (χ3v) is 5.61. The maximum absolute atomic E-state index is 14.4. The van der Waals surface area contributed by atoms with Gasteiger partial charge < -0.3 is 13.8 Å². The number of furan rings is 1.